The van der Waals surface area contributed by atoms with Crippen LogP contribution in [-0.4, -0.2) is 17.6 Å². The first kappa shape index (κ1) is 11.6. The van der Waals surface area contributed by atoms with Crippen LogP contribution in [0.25, 0.3) is 10.8 Å². The molecule has 0 radical (unpaired) electrons. The van der Waals surface area contributed by atoms with E-state index in [-0.39, 0.29) is 5.97 Å². The molecule has 0 fully saturated rings. The van der Waals surface area contributed by atoms with Crippen molar-refractivity contribution < 1.29 is 9.53 Å². The number of nitrogens with zero attached hydrogens (tertiary/aromatic N) is 1. The maximum Gasteiger partial charge on any atom is 0.340 e. The third-order valence-corrected chi connectivity index (χ3v) is 2.82. The molecule has 0 unspecified atom stereocenters. The lowest BCUT2D eigenvalue weighted by atomic mass is 10.0. The van der Waals surface area contributed by atoms with Crippen molar-refractivity contribution in [2.75, 3.05) is 6.61 Å². The van der Waals surface area contributed by atoms with Gasteiger partial charge >= 0.3 is 5.97 Å². The summed E-state index contributed by atoms with van der Waals surface area (Å²) in [5.41, 5.74) is 2.40. The summed E-state index contributed by atoms with van der Waals surface area (Å²) in [5.74, 6) is -0.297. The van der Waals surface area contributed by atoms with E-state index in [4.69, 9.17) is 4.74 Å². The van der Waals surface area contributed by atoms with Crippen LogP contribution in [0.15, 0.2) is 24.4 Å². The Kier molecular flexibility index (Phi) is 3.09. The van der Waals surface area contributed by atoms with Gasteiger partial charge < -0.3 is 4.74 Å². The SMILES string of the molecule is CCOC(=O)c1c(C)ncc2c(C)cccc12. The number of fused-ring (bicyclic) bond motifs is 1. The third kappa shape index (κ3) is 2.00. The number of aryl methyl sites for hydroxylation is 2. The third-order valence-electron chi connectivity index (χ3n) is 2.82. The van der Waals surface area contributed by atoms with E-state index in [1.165, 1.54) is 0 Å². The van der Waals surface area contributed by atoms with Gasteiger partial charge in [0.2, 0.25) is 0 Å². The molecule has 1 heterocycles. The maximum absolute atomic E-state index is 11.9. The summed E-state index contributed by atoms with van der Waals surface area (Å²) >= 11 is 0. The van der Waals surface area contributed by atoms with Gasteiger partial charge in [0.25, 0.3) is 0 Å². The highest BCUT2D eigenvalue weighted by Crippen LogP contribution is 2.23. The Morgan fingerprint density at radius 1 is 1.29 bits per heavy atom. The van der Waals surface area contributed by atoms with Crippen LogP contribution < -0.4 is 0 Å². The van der Waals surface area contributed by atoms with Gasteiger partial charge in [0, 0.05) is 11.6 Å². The van der Waals surface area contributed by atoms with Crippen LogP contribution in [0.2, 0.25) is 0 Å². The summed E-state index contributed by atoms with van der Waals surface area (Å²) in [6.07, 6.45) is 1.81. The number of pyridine rings is 1. The van der Waals surface area contributed by atoms with Gasteiger partial charge in [-0.2, -0.15) is 0 Å². The van der Waals surface area contributed by atoms with Gasteiger partial charge in [-0.15, -0.1) is 0 Å². The topological polar surface area (TPSA) is 39.2 Å². The van der Waals surface area contributed by atoms with Crippen molar-refractivity contribution in [1.29, 1.82) is 0 Å². The summed E-state index contributed by atoms with van der Waals surface area (Å²) in [7, 11) is 0. The largest absolute Gasteiger partial charge is 0.462 e. The van der Waals surface area contributed by atoms with Crippen LogP contribution in [0, 0.1) is 13.8 Å². The Labute approximate surface area is 100 Å². The molecule has 0 saturated carbocycles. The number of hydrogen-bond donors (Lipinski definition) is 0. The van der Waals surface area contributed by atoms with Crippen LogP contribution in [0.3, 0.4) is 0 Å². The number of ether oxygens (including phenoxy) is 1. The zero-order valence-corrected chi connectivity index (χ0v) is 10.3. The lowest BCUT2D eigenvalue weighted by molar-refractivity contribution is 0.0527. The highest BCUT2D eigenvalue weighted by molar-refractivity contribution is 6.05. The lowest BCUT2D eigenvalue weighted by Gasteiger charge is -2.09. The van der Waals surface area contributed by atoms with Crippen molar-refractivity contribution >= 4 is 16.7 Å². The number of esters is 1. The molecule has 0 saturated heterocycles. The standard InChI is InChI=1S/C14H15NO2/c1-4-17-14(16)13-10(3)15-8-12-9(2)6-5-7-11(12)13/h5-8H,4H2,1-3H3. The molecule has 0 atom stereocenters. The van der Waals surface area contributed by atoms with E-state index in [0.29, 0.717) is 17.9 Å². The molecule has 2 aromatic rings. The highest BCUT2D eigenvalue weighted by Gasteiger charge is 2.15. The molecular formula is C14H15NO2. The first-order valence-electron chi connectivity index (χ1n) is 5.67. The number of aromatic nitrogens is 1. The second-order valence-corrected chi connectivity index (χ2v) is 3.98. The van der Waals surface area contributed by atoms with E-state index < -0.39 is 0 Å². The van der Waals surface area contributed by atoms with Crippen LogP contribution in [-0.2, 0) is 4.74 Å². The van der Waals surface area contributed by atoms with Crippen molar-refractivity contribution in [1.82, 2.24) is 4.98 Å². The first-order valence-corrected chi connectivity index (χ1v) is 5.67. The zero-order chi connectivity index (χ0) is 12.4. The van der Waals surface area contributed by atoms with Crippen molar-refractivity contribution in [3.63, 3.8) is 0 Å². The first-order chi connectivity index (χ1) is 8.15. The van der Waals surface area contributed by atoms with Crippen LogP contribution in [0.1, 0.15) is 28.5 Å². The molecule has 1 aromatic carbocycles. The Morgan fingerprint density at radius 3 is 2.76 bits per heavy atom. The minimum Gasteiger partial charge on any atom is -0.462 e. The quantitative estimate of drug-likeness (QED) is 0.743. The molecule has 0 amide bonds. The summed E-state index contributed by atoms with van der Waals surface area (Å²) in [6, 6.07) is 5.89. The van der Waals surface area contributed by atoms with Crippen LogP contribution >= 0.6 is 0 Å². The monoisotopic (exact) mass is 229 g/mol. The number of benzene rings is 1. The zero-order valence-electron chi connectivity index (χ0n) is 10.3. The molecule has 0 aliphatic carbocycles. The van der Waals surface area contributed by atoms with E-state index in [1.807, 2.05) is 38.2 Å². The number of carbonyl (C=O) groups is 1. The normalized spacial score (nSPS) is 10.5. The Balaban J connectivity index is 2.72. The van der Waals surface area contributed by atoms with Gasteiger partial charge in [-0.3, -0.25) is 4.98 Å². The molecule has 2 rings (SSSR count). The molecular weight excluding hydrogens is 214 g/mol. The lowest BCUT2D eigenvalue weighted by Crippen LogP contribution is -2.08. The smallest absolute Gasteiger partial charge is 0.340 e. The van der Waals surface area contributed by atoms with Gasteiger partial charge in [-0.25, -0.2) is 4.79 Å². The van der Waals surface area contributed by atoms with Gasteiger partial charge in [-0.05, 0) is 31.7 Å². The molecule has 0 bridgehead atoms. The average molecular weight is 229 g/mol. The summed E-state index contributed by atoms with van der Waals surface area (Å²) in [4.78, 5) is 16.2. The van der Waals surface area contributed by atoms with Gasteiger partial charge in [-0.1, -0.05) is 18.2 Å². The van der Waals surface area contributed by atoms with Crippen LogP contribution in [0.5, 0.6) is 0 Å². The number of carbonyl (C=O) groups excluding carboxylic acids is 1. The van der Waals surface area contributed by atoms with E-state index in [0.717, 1.165) is 16.3 Å². The highest BCUT2D eigenvalue weighted by atomic mass is 16.5. The predicted octanol–water partition coefficient (Wildman–Crippen LogP) is 3.03. The van der Waals surface area contributed by atoms with E-state index in [1.54, 1.807) is 6.92 Å². The summed E-state index contributed by atoms with van der Waals surface area (Å²) in [6.45, 7) is 6.01. The number of rotatable bonds is 2. The molecule has 0 aliphatic heterocycles. The molecule has 17 heavy (non-hydrogen) atoms. The Morgan fingerprint density at radius 2 is 2.06 bits per heavy atom. The van der Waals surface area contributed by atoms with Crippen molar-refractivity contribution in [2.45, 2.75) is 20.8 Å². The summed E-state index contributed by atoms with van der Waals surface area (Å²) in [5, 5.41) is 1.91. The molecule has 1 aromatic heterocycles. The fourth-order valence-electron chi connectivity index (χ4n) is 1.95. The van der Waals surface area contributed by atoms with Gasteiger partial charge in [0.15, 0.2) is 0 Å². The van der Waals surface area contributed by atoms with E-state index in [9.17, 15) is 4.79 Å². The molecule has 3 nitrogen and oxygen atoms in total. The Bertz CT molecular complexity index is 576. The fraction of sp³-hybridized carbons (Fsp3) is 0.286. The second-order valence-electron chi connectivity index (χ2n) is 3.98. The second kappa shape index (κ2) is 4.53. The Hall–Kier alpha value is -1.90. The minimum atomic E-state index is -0.297. The molecule has 88 valence electrons. The molecule has 0 aliphatic rings. The van der Waals surface area contributed by atoms with Gasteiger partial charge in [0.1, 0.15) is 0 Å². The fourth-order valence-corrected chi connectivity index (χ4v) is 1.95. The maximum atomic E-state index is 11.9. The molecule has 3 heteroatoms. The van der Waals surface area contributed by atoms with Crippen molar-refractivity contribution in [2.24, 2.45) is 0 Å². The minimum absolute atomic E-state index is 0.297. The van der Waals surface area contributed by atoms with E-state index >= 15 is 0 Å². The molecule has 0 spiro atoms. The van der Waals surface area contributed by atoms with E-state index in [2.05, 4.69) is 4.98 Å². The average Bonchev–Trinajstić information content (AvgIpc) is 2.29. The predicted molar refractivity (Wildman–Crippen MR) is 67.2 cm³/mol. The molecule has 0 N–H and O–H groups in total. The van der Waals surface area contributed by atoms with Gasteiger partial charge in [0.05, 0.1) is 17.9 Å². The number of hydrogen-bond acceptors (Lipinski definition) is 3. The van der Waals surface area contributed by atoms with Crippen LogP contribution in [0.4, 0.5) is 0 Å². The van der Waals surface area contributed by atoms with Crippen molar-refractivity contribution in [3.8, 4) is 0 Å². The summed E-state index contributed by atoms with van der Waals surface area (Å²) < 4.78 is 5.08. The van der Waals surface area contributed by atoms with Crippen molar-refractivity contribution in [3.05, 3.63) is 41.2 Å².